The molecule has 25 heavy (non-hydrogen) atoms. The van der Waals surface area contributed by atoms with Crippen LogP contribution >= 0.6 is 23.2 Å². The highest BCUT2D eigenvalue weighted by Crippen LogP contribution is 2.30. The Kier molecular flexibility index (Phi) is 5.96. The molecule has 0 unspecified atom stereocenters. The molecule has 0 atom stereocenters. The van der Waals surface area contributed by atoms with E-state index in [4.69, 9.17) is 23.2 Å². The minimum Gasteiger partial charge on any atom is -0.348 e. The van der Waals surface area contributed by atoms with Crippen LogP contribution in [0.2, 0.25) is 10.0 Å². The third kappa shape index (κ3) is 3.91. The highest BCUT2D eigenvalue weighted by Gasteiger charge is 2.21. The number of hydrogen-bond donors (Lipinski definition) is 1. The smallest absolute Gasteiger partial charge is 0.261 e. The molecule has 1 amide bonds. The first-order valence-corrected chi connectivity index (χ1v) is 8.86. The van der Waals surface area contributed by atoms with Crippen molar-refractivity contribution in [2.45, 2.75) is 41.2 Å². The van der Waals surface area contributed by atoms with E-state index in [1.165, 1.54) is 0 Å². The third-order valence-electron chi connectivity index (χ3n) is 4.26. The predicted molar refractivity (Wildman–Crippen MR) is 104 cm³/mol. The summed E-state index contributed by atoms with van der Waals surface area (Å²) in [5.41, 5.74) is 2.37. The number of hydrogen-bond acceptors (Lipinski definition) is 2. The van der Waals surface area contributed by atoms with Crippen molar-refractivity contribution < 1.29 is 4.79 Å². The van der Waals surface area contributed by atoms with Gasteiger partial charge in [-0.3, -0.25) is 9.59 Å². The van der Waals surface area contributed by atoms with Gasteiger partial charge < -0.3 is 9.88 Å². The minimum absolute atomic E-state index is 0.139. The van der Waals surface area contributed by atoms with Crippen molar-refractivity contribution in [3.8, 4) is 0 Å². The fraction of sp³-hybridized carbons (Fsp3) is 0.368. The Hall–Kier alpha value is -1.78. The number of anilines is 1. The highest BCUT2D eigenvalue weighted by molar-refractivity contribution is 6.44. The van der Waals surface area contributed by atoms with Crippen LogP contribution in [-0.4, -0.2) is 10.5 Å². The van der Waals surface area contributed by atoms with E-state index in [0.717, 1.165) is 12.2 Å². The molecule has 1 N–H and O–H groups in total. The Morgan fingerprint density at radius 3 is 2.40 bits per heavy atom. The molecular weight excluding hydrogens is 359 g/mol. The van der Waals surface area contributed by atoms with Crippen molar-refractivity contribution in [3.05, 3.63) is 61.0 Å². The second-order valence-electron chi connectivity index (χ2n) is 6.56. The van der Waals surface area contributed by atoms with E-state index >= 15 is 0 Å². The van der Waals surface area contributed by atoms with Gasteiger partial charge in [-0.15, -0.1) is 0 Å². The van der Waals surface area contributed by atoms with Crippen LogP contribution in [-0.2, 0) is 6.54 Å². The van der Waals surface area contributed by atoms with Crippen molar-refractivity contribution in [2.24, 2.45) is 5.92 Å². The molecule has 0 radical (unpaired) electrons. The maximum atomic E-state index is 12.8. The number of amides is 1. The van der Waals surface area contributed by atoms with Gasteiger partial charge in [-0.2, -0.15) is 0 Å². The highest BCUT2D eigenvalue weighted by atomic mass is 35.5. The van der Waals surface area contributed by atoms with Crippen LogP contribution < -0.4 is 10.7 Å². The van der Waals surface area contributed by atoms with Crippen molar-refractivity contribution in [2.75, 3.05) is 5.32 Å². The number of aromatic nitrogens is 1. The molecule has 0 aliphatic heterocycles. The van der Waals surface area contributed by atoms with Gasteiger partial charge in [-0.05, 0) is 38.8 Å². The SMILES string of the molecule is Cc1c(C)n(CC(C)C)c(C)c(C(=O)Nc2cccc(Cl)c2Cl)c1=O. The Morgan fingerprint density at radius 2 is 1.80 bits per heavy atom. The summed E-state index contributed by atoms with van der Waals surface area (Å²) in [6.07, 6.45) is 0. The van der Waals surface area contributed by atoms with Crippen LogP contribution in [0.5, 0.6) is 0 Å². The Balaban J connectivity index is 2.54. The first kappa shape index (κ1) is 19.5. The van der Waals surface area contributed by atoms with Crippen molar-refractivity contribution in [3.63, 3.8) is 0 Å². The van der Waals surface area contributed by atoms with E-state index in [9.17, 15) is 9.59 Å². The summed E-state index contributed by atoms with van der Waals surface area (Å²) in [6, 6.07) is 4.97. The molecule has 0 fully saturated rings. The lowest BCUT2D eigenvalue weighted by Crippen LogP contribution is -2.30. The number of nitrogens with one attached hydrogen (secondary N) is 1. The molecule has 0 saturated carbocycles. The van der Waals surface area contributed by atoms with E-state index in [-0.39, 0.29) is 16.0 Å². The zero-order valence-electron chi connectivity index (χ0n) is 15.0. The zero-order chi connectivity index (χ0) is 18.9. The number of carbonyl (C=O) groups excluding carboxylic acids is 1. The fourth-order valence-electron chi connectivity index (χ4n) is 2.80. The largest absolute Gasteiger partial charge is 0.348 e. The van der Waals surface area contributed by atoms with Crippen LogP contribution in [0, 0.1) is 26.7 Å². The summed E-state index contributed by atoms with van der Waals surface area (Å²) in [7, 11) is 0. The monoisotopic (exact) mass is 380 g/mol. The lowest BCUT2D eigenvalue weighted by molar-refractivity contribution is 0.102. The number of nitrogens with zero attached hydrogens (tertiary/aromatic N) is 1. The fourth-order valence-corrected chi connectivity index (χ4v) is 3.14. The second-order valence-corrected chi connectivity index (χ2v) is 7.35. The van der Waals surface area contributed by atoms with Crippen LogP contribution in [0.15, 0.2) is 23.0 Å². The van der Waals surface area contributed by atoms with Gasteiger partial charge in [0.15, 0.2) is 5.43 Å². The topological polar surface area (TPSA) is 51.1 Å². The molecule has 0 aliphatic rings. The average molecular weight is 381 g/mol. The van der Waals surface area contributed by atoms with E-state index in [1.807, 2.05) is 11.5 Å². The maximum Gasteiger partial charge on any atom is 0.261 e. The molecular formula is C19H22Cl2N2O2. The molecule has 6 heteroatoms. The van der Waals surface area contributed by atoms with Gasteiger partial charge in [0.25, 0.3) is 5.91 Å². The third-order valence-corrected chi connectivity index (χ3v) is 5.08. The molecule has 134 valence electrons. The molecule has 2 aromatic rings. The van der Waals surface area contributed by atoms with E-state index in [2.05, 4.69) is 19.2 Å². The number of pyridine rings is 1. The Bertz CT molecular complexity index is 886. The molecule has 4 nitrogen and oxygen atoms in total. The van der Waals surface area contributed by atoms with Crippen molar-refractivity contribution in [1.29, 1.82) is 0 Å². The quantitative estimate of drug-likeness (QED) is 0.811. The van der Waals surface area contributed by atoms with Gasteiger partial charge in [-0.25, -0.2) is 0 Å². The first-order valence-electron chi connectivity index (χ1n) is 8.11. The van der Waals surface area contributed by atoms with Crippen LogP contribution in [0.3, 0.4) is 0 Å². The summed E-state index contributed by atoms with van der Waals surface area (Å²) in [4.78, 5) is 25.5. The van der Waals surface area contributed by atoms with E-state index in [1.54, 1.807) is 32.0 Å². The van der Waals surface area contributed by atoms with Crippen LogP contribution in [0.1, 0.15) is 41.2 Å². The first-order chi connectivity index (χ1) is 11.6. The zero-order valence-corrected chi connectivity index (χ0v) is 16.5. The van der Waals surface area contributed by atoms with Crippen LogP contribution in [0.25, 0.3) is 0 Å². The van der Waals surface area contributed by atoms with Gasteiger partial charge in [0, 0.05) is 23.5 Å². The number of carbonyl (C=O) groups is 1. The molecule has 1 heterocycles. The molecule has 2 rings (SSSR count). The van der Waals surface area contributed by atoms with Gasteiger partial charge in [0.1, 0.15) is 5.56 Å². The Morgan fingerprint density at radius 1 is 1.16 bits per heavy atom. The maximum absolute atomic E-state index is 12.8. The Labute approximate surface area is 157 Å². The summed E-state index contributed by atoms with van der Waals surface area (Å²) in [5.74, 6) is -0.0927. The summed E-state index contributed by atoms with van der Waals surface area (Å²) < 4.78 is 2.02. The summed E-state index contributed by atoms with van der Waals surface area (Å²) >= 11 is 12.1. The number of rotatable bonds is 4. The lowest BCUT2D eigenvalue weighted by Gasteiger charge is -2.21. The number of halogens is 2. The minimum atomic E-state index is -0.479. The molecule has 0 spiro atoms. The summed E-state index contributed by atoms with van der Waals surface area (Å²) in [5, 5.41) is 3.30. The second kappa shape index (κ2) is 7.63. The number of benzene rings is 1. The van der Waals surface area contributed by atoms with Gasteiger partial charge in [0.05, 0.1) is 15.7 Å². The molecule has 0 bridgehead atoms. The van der Waals surface area contributed by atoms with Crippen LogP contribution in [0.4, 0.5) is 5.69 Å². The normalized spacial score (nSPS) is 11.0. The molecule has 0 saturated heterocycles. The van der Waals surface area contributed by atoms with Crippen molar-refractivity contribution >= 4 is 34.8 Å². The van der Waals surface area contributed by atoms with Crippen molar-refractivity contribution in [1.82, 2.24) is 4.57 Å². The van der Waals surface area contributed by atoms with Gasteiger partial charge in [-0.1, -0.05) is 43.1 Å². The predicted octanol–water partition coefficient (Wildman–Crippen LogP) is 4.99. The van der Waals surface area contributed by atoms with Gasteiger partial charge >= 0.3 is 0 Å². The van der Waals surface area contributed by atoms with Gasteiger partial charge in [0.2, 0.25) is 0 Å². The average Bonchev–Trinajstić information content (AvgIpc) is 2.54. The molecule has 0 aliphatic carbocycles. The lowest BCUT2D eigenvalue weighted by atomic mass is 10.0. The molecule has 1 aromatic carbocycles. The van der Waals surface area contributed by atoms with E-state index < -0.39 is 5.91 Å². The molecule has 1 aromatic heterocycles. The van der Waals surface area contributed by atoms with E-state index in [0.29, 0.717) is 27.9 Å². The standard InChI is InChI=1S/C19H22Cl2N2O2/c1-10(2)9-23-12(4)11(3)18(24)16(13(23)5)19(25)22-15-8-6-7-14(20)17(15)21/h6-8,10H,9H2,1-5H3,(H,22,25). The summed E-state index contributed by atoms with van der Waals surface area (Å²) in [6.45, 7) is 10.4.